The molecule has 1 heterocycles. The monoisotopic (exact) mass is 213 g/mol. The highest BCUT2D eigenvalue weighted by atomic mass is 35.5. The number of alkyl halides is 1. The molecule has 0 aliphatic heterocycles. The summed E-state index contributed by atoms with van der Waals surface area (Å²) < 4.78 is 0. The molecule has 0 saturated carbocycles. The van der Waals surface area contributed by atoms with Crippen LogP contribution in [0.4, 0.5) is 0 Å². The van der Waals surface area contributed by atoms with E-state index in [1.165, 1.54) is 0 Å². The van der Waals surface area contributed by atoms with Crippen molar-refractivity contribution in [2.24, 2.45) is 0 Å². The second kappa shape index (κ2) is 6.32. The van der Waals surface area contributed by atoms with Crippen LogP contribution < -0.4 is 5.32 Å². The lowest BCUT2D eigenvalue weighted by atomic mass is 10.3. The van der Waals surface area contributed by atoms with Crippen molar-refractivity contribution in [3.05, 3.63) is 24.0 Å². The molecule has 5 heteroatoms. The minimum absolute atomic E-state index is 0.00342. The summed E-state index contributed by atoms with van der Waals surface area (Å²) >= 11 is 5.46. The first-order chi connectivity index (χ1) is 6.83. The Morgan fingerprint density at radius 1 is 1.57 bits per heavy atom. The Kier molecular flexibility index (Phi) is 4.93. The van der Waals surface area contributed by atoms with E-state index in [0.717, 1.165) is 5.69 Å². The zero-order valence-corrected chi connectivity index (χ0v) is 8.50. The van der Waals surface area contributed by atoms with E-state index < -0.39 is 0 Å². The van der Waals surface area contributed by atoms with Gasteiger partial charge in [0, 0.05) is 18.5 Å². The maximum absolute atomic E-state index is 11.2. The first-order valence-electron chi connectivity index (χ1n) is 4.42. The minimum atomic E-state index is -0.00342. The average Bonchev–Trinajstić information content (AvgIpc) is 2.25. The lowest BCUT2D eigenvalue weighted by molar-refractivity contribution is -0.121. The van der Waals surface area contributed by atoms with Crippen LogP contribution in [0, 0.1) is 0 Å². The number of nitrogens with zero attached hydrogens (tertiary/aromatic N) is 2. The van der Waals surface area contributed by atoms with Crippen LogP contribution in [-0.4, -0.2) is 22.0 Å². The molecule has 4 nitrogen and oxygen atoms in total. The molecule has 0 radical (unpaired) electrons. The first kappa shape index (κ1) is 10.9. The quantitative estimate of drug-likeness (QED) is 0.746. The van der Waals surface area contributed by atoms with Gasteiger partial charge in [0.05, 0.1) is 12.2 Å². The topological polar surface area (TPSA) is 54.9 Å². The highest BCUT2D eigenvalue weighted by Crippen LogP contribution is 1.94. The summed E-state index contributed by atoms with van der Waals surface area (Å²) in [5, 5.41) is 10.3. The highest BCUT2D eigenvalue weighted by Gasteiger charge is 2.00. The van der Waals surface area contributed by atoms with Gasteiger partial charge in [-0.05, 0) is 18.6 Å². The van der Waals surface area contributed by atoms with Crippen LogP contribution in [-0.2, 0) is 11.3 Å². The van der Waals surface area contributed by atoms with Gasteiger partial charge in [-0.2, -0.15) is 10.2 Å². The van der Waals surface area contributed by atoms with Crippen molar-refractivity contribution in [3.63, 3.8) is 0 Å². The molecule has 0 saturated heterocycles. The predicted octanol–water partition coefficient (Wildman–Crippen LogP) is 1.11. The van der Waals surface area contributed by atoms with Gasteiger partial charge in [-0.1, -0.05) is 0 Å². The SMILES string of the molecule is O=C(CCCCl)NCc1cccnn1. The Morgan fingerprint density at radius 3 is 3.07 bits per heavy atom. The van der Waals surface area contributed by atoms with Gasteiger partial charge in [-0.3, -0.25) is 4.79 Å². The molecule has 1 N–H and O–H groups in total. The second-order valence-electron chi connectivity index (χ2n) is 2.78. The molecule has 0 spiro atoms. The first-order valence-corrected chi connectivity index (χ1v) is 4.95. The lowest BCUT2D eigenvalue weighted by Gasteiger charge is -2.02. The van der Waals surface area contributed by atoms with Crippen LogP contribution in [0.3, 0.4) is 0 Å². The molecule has 0 aliphatic rings. The molecule has 0 bridgehead atoms. The third kappa shape index (κ3) is 4.18. The van der Waals surface area contributed by atoms with Crippen molar-refractivity contribution in [1.29, 1.82) is 0 Å². The lowest BCUT2D eigenvalue weighted by Crippen LogP contribution is -2.23. The maximum Gasteiger partial charge on any atom is 0.220 e. The second-order valence-corrected chi connectivity index (χ2v) is 3.16. The number of halogens is 1. The van der Waals surface area contributed by atoms with Gasteiger partial charge < -0.3 is 5.32 Å². The summed E-state index contributed by atoms with van der Waals surface area (Å²) in [6.07, 6.45) is 2.76. The molecule has 14 heavy (non-hydrogen) atoms. The van der Waals surface area contributed by atoms with Gasteiger partial charge in [0.15, 0.2) is 0 Å². The number of nitrogens with one attached hydrogen (secondary N) is 1. The van der Waals surface area contributed by atoms with Crippen LogP contribution in [0.1, 0.15) is 18.5 Å². The van der Waals surface area contributed by atoms with Gasteiger partial charge in [0.2, 0.25) is 5.91 Å². The normalized spacial score (nSPS) is 9.79. The zero-order valence-electron chi connectivity index (χ0n) is 7.74. The molecule has 0 fully saturated rings. The fraction of sp³-hybridized carbons (Fsp3) is 0.444. The third-order valence-corrected chi connectivity index (χ3v) is 1.90. The van der Waals surface area contributed by atoms with Crippen LogP contribution in [0.15, 0.2) is 18.3 Å². The van der Waals surface area contributed by atoms with E-state index in [2.05, 4.69) is 15.5 Å². The van der Waals surface area contributed by atoms with E-state index in [-0.39, 0.29) is 5.91 Å². The Bertz CT molecular complexity index is 279. The molecule has 0 atom stereocenters. The van der Waals surface area contributed by atoms with Crippen LogP contribution in [0.2, 0.25) is 0 Å². The number of hydrogen-bond acceptors (Lipinski definition) is 3. The summed E-state index contributed by atoms with van der Waals surface area (Å²) in [5.41, 5.74) is 0.756. The number of rotatable bonds is 5. The molecule has 76 valence electrons. The van der Waals surface area contributed by atoms with Gasteiger partial charge in [-0.25, -0.2) is 0 Å². The Balaban J connectivity index is 2.24. The van der Waals surface area contributed by atoms with E-state index >= 15 is 0 Å². The Hall–Kier alpha value is -1.16. The van der Waals surface area contributed by atoms with E-state index in [9.17, 15) is 4.79 Å². The van der Waals surface area contributed by atoms with Crippen LogP contribution in [0.5, 0.6) is 0 Å². The van der Waals surface area contributed by atoms with Gasteiger partial charge in [0.25, 0.3) is 0 Å². The summed E-state index contributed by atoms with van der Waals surface area (Å²) in [7, 11) is 0. The highest BCUT2D eigenvalue weighted by molar-refractivity contribution is 6.17. The van der Waals surface area contributed by atoms with E-state index in [0.29, 0.717) is 25.3 Å². The molecular weight excluding hydrogens is 202 g/mol. The molecule has 1 amide bonds. The van der Waals surface area contributed by atoms with Crippen molar-refractivity contribution in [2.75, 3.05) is 5.88 Å². The number of carbonyl (C=O) groups excluding carboxylic acids is 1. The zero-order chi connectivity index (χ0) is 10.2. The van der Waals surface area contributed by atoms with Gasteiger partial charge >= 0.3 is 0 Å². The summed E-state index contributed by atoms with van der Waals surface area (Å²) in [6.45, 7) is 0.426. The molecular formula is C9H12ClN3O. The molecule has 0 aliphatic carbocycles. The molecule has 0 aromatic carbocycles. The van der Waals surface area contributed by atoms with E-state index in [1.807, 2.05) is 6.07 Å². The van der Waals surface area contributed by atoms with Gasteiger partial charge in [0.1, 0.15) is 0 Å². The summed E-state index contributed by atoms with van der Waals surface area (Å²) in [4.78, 5) is 11.2. The molecule has 1 aromatic heterocycles. The Labute approximate surface area is 87.7 Å². The maximum atomic E-state index is 11.2. The molecule has 0 unspecified atom stereocenters. The van der Waals surface area contributed by atoms with Crippen LogP contribution in [0.25, 0.3) is 0 Å². The smallest absolute Gasteiger partial charge is 0.220 e. The van der Waals surface area contributed by atoms with Crippen molar-refractivity contribution in [2.45, 2.75) is 19.4 Å². The predicted molar refractivity (Wildman–Crippen MR) is 53.8 cm³/mol. The fourth-order valence-electron chi connectivity index (χ4n) is 0.933. The average molecular weight is 214 g/mol. The minimum Gasteiger partial charge on any atom is -0.350 e. The summed E-state index contributed by atoms with van der Waals surface area (Å²) in [5.74, 6) is 0.509. The number of hydrogen-bond donors (Lipinski definition) is 1. The molecule has 1 rings (SSSR count). The number of amides is 1. The van der Waals surface area contributed by atoms with Crippen molar-refractivity contribution < 1.29 is 4.79 Å². The van der Waals surface area contributed by atoms with Crippen molar-refractivity contribution >= 4 is 17.5 Å². The largest absolute Gasteiger partial charge is 0.350 e. The fourth-order valence-corrected chi connectivity index (χ4v) is 1.07. The number of carbonyl (C=O) groups is 1. The number of aromatic nitrogens is 2. The van der Waals surface area contributed by atoms with Crippen molar-refractivity contribution in [3.8, 4) is 0 Å². The molecule has 1 aromatic rings. The summed E-state index contributed by atoms with van der Waals surface area (Å²) in [6, 6.07) is 3.60. The van der Waals surface area contributed by atoms with Crippen LogP contribution >= 0.6 is 11.6 Å². The standard InChI is InChI=1S/C9H12ClN3O/c10-5-1-4-9(14)11-7-8-3-2-6-12-13-8/h2-3,6H,1,4-5,7H2,(H,11,14). The Morgan fingerprint density at radius 2 is 2.43 bits per heavy atom. The van der Waals surface area contributed by atoms with E-state index in [1.54, 1.807) is 12.3 Å². The van der Waals surface area contributed by atoms with Crippen molar-refractivity contribution in [1.82, 2.24) is 15.5 Å². The van der Waals surface area contributed by atoms with Gasteiger partial charge in [-0.15, -0.1) is 11.6 Å². The third-order valence-electron chi connectivity index (χ3n) is 1.63. The van der Waals surface area contributed by atoms with E-state index in [4.69, 9.17) is 11.6 Å².